The Morgan fingerprint density at radius 3 is 1.93 bits per heavy atom. The standard InChI is InChI=1S/C7H6BF3O.2H2O/c9-7(10,11)12-8-6-4-2-1-3-5-6;;/h1-5,8H;2*1H2. The van der Waals surface area contributed by atoms with Crippen molar-refractivity contribution in [1.29, 1.82) is 0 Å². The summed E-state index contributed by atoms with van der Waals surface area (Å²) in [5, 5.41) is 0. The monoisotopic (exact) mass is 210 g/mol. The number of halogens is 3. The van der Waals surface area contributed by atoms with E-state index < -0.39 is 13.8 Å². The van der Waals surface area contributed by atoms with E-state index in [1.165, 1.54) is 0 Å². The molecule has 4 N–H and O–H groups in total. The summed E-state index contributed by atoms with van der Waals surface area (Å²) in [5.41, 5.74) is 0.509. The van der Waals surface area contributed by atoms with Gasteiger partial charge in [-0.05, 0) is 0 Å². The third-order valence-corrected chi connectivity index (χ3v) is 1.25. The van der Waals surface area contributed by atoms with Crippen molar-refractivity contribution in [2.24, 2.45) is 0 Å². The van der Waals surface area contributed by atoms with Crippen LogP contribution in [-0.4, -0.2) is 24.8 Å². The maximum atomic E-state index is 11.5. The summed E-state index contributed by atoms with van der Waals surface area (Å²) in [5.74, 6) is 0. The average Bonchev–Trinajstić information content (AvgIpc) is 2.02. The normalized spacial score (nSPS) is 9.64. The fourth-order valence-corrected chi connectivity index (χ4v) is 0.739. The van der Waals surface area contributed by atoms with Crippen molar-refractivity contribution in [3.63, 3.8) is 0 Å². The minimum absolute atomic E-state index is 0. The summed E-state index contributed by atoms with van der Waals surface area (Å²) in [6.07, 6.45) is -4.55. The van der Waals surface area contributed by atoms with E-state index in [-0.39, 0.29) is 11.0 Å². The third kappa shape index (κ3) is 6.47. The van der Waals surface area contributed by atoms with E-state index in [0.29, 0.717) is 5.46 Å². The van der Waals surface area contributed by atoms with Gasteiger partial charge in [0.1, 0.15) is 0 Å². The van der Waals surface area contributed by atoms with Crippen LogP contribution in [0.25, 0.3) is 0 Å². The molecule has 14 heavy (non-hydrogen) atoms. The van der Waals surface area contributed by atoms with Crippen molar-refractivity contribution in [2.45, 2.75) is 6.36 Å². The molecular weight excluding hydrogens is 200 g/mol. The Kier molecular flexibility index (Phi) is 7.07. The van der Waals surface area contributed by atoms with Crippen molar-refractivity contribution in [3.8, 4) is 0 Å². The molecule has 0 fully saturated rings. The zero-order valence-corrected chi connectivity index (χ0v) is 7.14. The zero-order chi connectivity index (χ0) is 9.03. The summed E-state index contributed by atoms with van der Waals surface area (Å²) < 4.78 is 38.2. The van der Waals surface area contributed by atoms with Gasteiger partial charge >= 0.3 is 13.8 Å². The molecule has 0 atom stereocenters. The summed E-state index contributed by atoms with van der Waals surface area (Å²) >= 11 is 0. The molecule has 3 nitrogen and oxygen atoms in total. The van der Waals surface area contributed by atoms with Crippen LogP contribution in [0.5, 0.6) is 0 Å². The molecule has 0 amide bonds. The predicted molar refractivity (Wildman–Crippen MR) is 47.6 cm³/mol. The van der Waals surface area contributed by atoms with Gasteiger partial charge in [-0.15, -0.1) is 13.2 Å². The van der Waals surface area contributed by atoms with Gasteiger partial charge in [-0.2, -0.15) is 0 Å². The molecule has 80 valence electrons. The molecule has 1 aromatic rings. The molecule has 0 spiro atoms. The minimum atomic E-state index is -4.55. The fraction of sp³-hybridized carbons (Fsp3) is 0.143. The largest absolute Gasteiger partial charge is 0.508 e. The van der Waals surface area contributed by atoms with Crippen molar-refractivity contribution < 1.29 is 28.8 Å². The van der Waals surface area contributed by atoms with Gasteiger partial charge in [-0.1, -0.05) is 35.8 Å². The Bertz CT molecular complexity index is 240. The molecule has 0 unspecified atom stereocenters. The Balaban J connectivity index is 0. The molecule has 1 aromatic carbocycles. The highest BCUT2D eigenvalue weighted by Crippen LogP contribution is 2.14. The first-order valence-electron chi connectivity index (χ1n) is 3.32. The van der Waals surface area contributed by atoms with E-state index in [1.807, 2.05) is 0 Å². The molecule has 0 saturated heterocycles. The Morgan fingerprint density at radius 1 is 1.00 bits per heavy atom. The second-order valence-corrected chi connectivity index (χ2v) is 2.22. The van der Waals surface area contributed by atoms with E-state index >= 15 is 0 Å². The third-order valence-electron chi connectivity index (χ3n) is 1.25. The lowest BCUT2D eigenvalue weighted by Gasteiger charge is -2.05. The summed E-state index contributed by atoms with van der Waals surface area (Å²) in [7, 11) is -0.426. The van der Waals surface area contributed by atoms with Crippen molar-refractivity contribution >= 4 is 12.9 Å². The highest BCUT2D eigenvalue weighted by molar-refractivity contribution is 6.46. The first kappa shape index (κ1) is 15.4. The SMILES string of the molecule is FC(F)(F)OBc1ccccc1.O.O. The molecule has 0 aliphatic heterocycles. The van der Waals surface area contributed by atoms with Crippen LogP contribution < -0.4 is 5.46 Å². The van der Waals surface area contributed by atoms with E-state index in [9.17, 15) is 13.2 Å². The van der Waals surface area contributed by atoms with Gasteiger partial charge in [0.05, 0.1) is 0 Å². The molecule has 0 heterocycles. The number of hydrogen-bond donors (Lipinski definition) is 0. The van der Waals surface area contributed by atoms with E-state index in [4.69, 9.17) is 0 Å². The van der Waals surface area contributed by atoms with Gasteiger partial charge < -0.3 is 15.6 Å². The van der Waals surface area contributed by atoms with E-state index in [0.717, 1.165) is 0 Å². The topological polar surface area (TPSA) is 72.2 Å². The highest BCUT2D eigenvalue weighted by Gasteiger charge is 2.28. The number of benzene rings is 1. The van der Waals surface area contributed by atoms with Crippen LogP contribution >= 0.6 is 0 Å². The van der Waals surface area contributed by atoms with Crippen LogP contribution in [0, 0.1) is 0 Å². The molecule has 0 bridgehead atoms. The second kappa shape index (κ2) is 6.42. The van der Waals surface area contributed by atoms with Crippen LogP contribution in [0.2, 0.25) is 0 Å². The van der Waals surface area contributed by atoms with Gasteiger partial charge in [0.15, 0.2) is 0 Å². The van der Waals surface area contributed by atoms with Crippen LogP contribution in [0.1, 0.15) is 0 Å². The maximum absolute atomic E-state index is 11.5. The Morgan fingerprint density at radius 2 is 1.50 bits per heavy atom. The summed E-state index contributed by atoms with van der Waals surface area (Å²) in [4.78, 5) is 0. The fourth-order valence-electron chi connectivity index (χ4n) is 0.739. The van der Waals surface area contributed by atoms with Crippen LogP contribution in [0.3, 0.4) is 0 Å². The van der Waals surface area contributed by atoms with E-state index in [2.05, 4.69) is 4.65 Å². The van der Waals surface area contributed by atoms with E-state index in [1.54, 1.807) is 30.3 Å². The minimum Gasteiger partial charge on any atom is -0.412 e. The molecule has 1 rings (SSSR count). The van der Waals surface area contributed by atoms with Gasteiger partial charge in [0.2, 0.25) is 0 Å². The van der Waals surface area contributed by atoms with Crippen LogP contribution in [-0.2, 0) is 4.65 Å². The number of alkyl halides is 3. The molecule has 0 radical (unpaired) electrons. The lowest BCUT2D eigenvalue weighted by molar-refractivity contribution is -0.275. The molecule has 0 aliphatic carbocycles. The second-order valence-electron chi connectivity index (χ2n) is 2.22. The van der Waals surface area contributed by atoms with Gasteiger partial charge in [-0.3, -0.25) is 0 Å². The molecule has 7 heteroatoms. The first-order chi connectivity index (χ1) is 5.58. The van der Waals surface area contributed by atoms with Crippen LogP contribution in [0.15, 0.2) is 30.3 Å². The molecule has 0 saturated carbocycles. The lowest BCUT2D eigenvalue weighted by Crippen LogP contribution is -2.25. The molecule has 0 aromatic heterocycles. The van der Waals surface area contributed by atoms with Crippen molar-refractivity contribution in [3.05, 3.63) is 30.3 Å². The average molecular weight is 210 g/mol. The number of hydrogen-bond acceptors (Lipinski definition) is 1. The zero-order valence-electron chi connectivity index (χ0n) is 7.14. The summed E-state index contributed by atoms with van der Waals surface area (Å²) in [6, 6.07) is 8.21. The Hall–Kier alpha value is -1.05. The van der Waals surface area contributed by atoms with Crippen molar-refractivity contribution in [2.75, 3.05) is 0 Å². The lowest BCUT2D eigenvalue weighted by atomic mass is 9.88. The Labute approximate surface area is 79.4 Å². The van der Waals surface area contributed by atoms with Gasteiger partial charge in [-0.25, -0.2) is 0 Å². The highest BCUT2D eigenvalue weighted by atomic mass is 19.4. The van der Waals surface area contributed by atoms with Crippen molar-refractivity contribution in [1.82, 2.24) is 0 Å². The number of rotatable bonds is 2. The maximum Gasteiger partial charge on any atom is 0.508 e. The molecular formula is C7H10BF3O3. The van der Waals surface area contributed by atoms with Gasteiger partial charge in [0, 0.05) is 0 Å². The smallest absolute Gasteiger partial charge is 0.412 e. The predicted octanol–water partition coefficient (Wildman–Crippen LogP) is -0.450. The first-order valence-corrected chi connectivity index (χ1v) is 3.32. The van der Waals surface area contributed by atoms with Crippen LogP contribution in [0.4, 0.5) is 13.2 Å². The quantitative estimate of drug-likeness (QED) is 0.609. The summed E-state index contributed by atoms with van der Waals surface area (Å²) in [6.45, 7) is 0. The molecule has 0 aliphatic rings. The van der Waals surface area contributed by atoms with Gasteiger partial charge in [0.25, 0.3) is 0 Å².